The van der Waals surface area contributed by atoms with E-state index in [2.05, 4.69) is 4.98 Å². The molecule has 1 saturated heterocycles. The van der Waals surface area contributed by atoms with Gasteiger partial charge in [0.15, 0.2) is 17.3 Å². The summed E-state index contributed by atoms with van der Waals surface area (Å²) in [4.78, 5) is 30.8. The molecule has 1 saturated carbocycles. The van der Waals surface area contributed by atoms with E-state index in [-0.39, 0.29) is 11.9 Å². The number of amides is 1. The van der Waals surface area contributed by atoms with Gasteiger partial charge in [-0.05, 0) is 68.9 Å². The van der Waals surface area contributed by atoms with Gasteiger partial charge in [-0.2, -0.15) is 0 Å². The Morgan fingerprint density at radius 3 is 2.57 bits per heavy atom. The number of hydrogen-bond acceptors (Lipinski definition) is 5. The lowest BCUT2D eigenvalue weighted by atomic mass is 10.0. The maximum atomic E-state index is 13.2. The van der Waals surface area contributed by atoms with Crippen LogP contribution in [0, 0.1) is 6.92 Å². The highest BCUT2D eigenvalue weighted by Gasteiger charge is 2.38. The van der Waals surface area contributed by atoms with Gasteiger partial charge in [-0.25, -0.2) is 4.79 Å². The van der Waals surface area contributed by atoms with Crippen molar-refractivity contribution in [3.05, 3.63) is 59.3 Å². The zero-order valence-electron chi connectivity index (χ0n) is 20.5. The molecule has 1 amide bonds. The average Bonchev–Trinajstić information content (AvgIpc) is 3.48. The largest absolute Gasteiger partial charge is 0.493 e. The fraction of sp³-hybridized carbons (Fsp3) is 0.429. The maximum Gasteiger partial charge on any atom is 0.411 e. The molecule has 1 aromatic heterocycles. The molecule has 2 atom stereocenters. The molecule has 184 valence electrons. The number of rotatable bonds is 7. The summed E-state index contributed by atoms with van der Waals surface area (Å²) in [6.45, 7) is 3.91. The van der Waals surface area contributed by atoms with E-state index in [1.165, 1.54) is 24.7 Å². The summed E-state index contributed by atoms with van der Waals surface area (Å²) in [6, 6.07) is 12.9. The molecule has 1 aliphatic carbocycles. The number of nitrogens with one attached hydrogen (secondary N) is 1. The number of Topliss-reactive ketones (excluding diaryl/α,β-unsaturated/α-hetero) is 1. The Kier molecular flexibility index (Phi) is 6.41. The van der Waals surface area contributed by atoms with Crippen LogP contribution in [-0.4, -0.2) is 41.5 Å². The molecule has 1 aliphatic heterocycles. The highest BCUT2D eigenvalue weighted by molar-refractivity contribution is 5.91. The van der Waals surface area contributed by atoms with Gasteiger partial charge in [0.1, 0.15) is 12.1 Å². The third-order valence-electron chi connectivity index (χ3n) is 7.24. The number of methoxy groups -OCH3 is 1. The number of carbonyl (C=O) groups is 2. The molecule has 2 aliphatic rings. The number of H-pyrrole nitrogens is 1. The number of ketones is 1. The lowest BCUT2D eigenvalue weighted by molar-refractivity contribution is -0.123. The second-order valence-electron chi connectivity index (χ2n) is 9.51. The van der Waals surface area contributed by atoms with Crippen LogP contribution in [0.15, 0.2) is 42.5 Å². The second-order valence-corrected chi connectivity index (χ2v) is 9.51. The van der Waals surface area contributed by atoms with Gasteiger partial charge in [-0.3, -0.25) is 9.69 Å². The number of para-hydroxylation sites is 1. The van der Waals surface area contributed by atoms with Crippen LogP contribution in [-0.2, 0) is 9.53 Å². The molecule has 2 aromatic carbocycles. The number of hydrogen-bond donors (Lipinski definition) is 1. The minimum atomic E-state index is -0.715. The number of ether oxygens (including phenoxy) is 3. The van der Waals surface area contributed by atoms with E-state index in [4.69, 9.17) is 14.2 Å². The molecule has 7 nitrogen and oxygen atoms in total. The first-order chi connectivity index (χ1) is 17.0. The van der Waals surface area contributed by atoms with E-state index >= 15 is 0 Å². The van der Waals surface area contributed by atoms with Crippen LogP contribution in [0.3, 0.4) is 0 Å². The molecule has 5 rings (SSSR count). The van der Waals surface area contributed by atoms with Crippen LogP contribution in [0.5, 0.6) is 11.5 Å². The number of aromatic amines is 1. The Morgan fingerprint density at radius 2 is 1.89 bits per heavy atom. The van der Waals surface area contributed by atoms with Gasteiger partial charge in [0.2, 0.25) is 0 Å². The van der Waals surface area contributed by atoms with Gasteiger partial charge in [0.05, 0.1) is 13.2 Å². The number of benzene rings is 2. The third-order valence-corrected chi connectivity index (χ3v) is 7.24. The summed E-state index contributed by atoms with van der Waals surface area (Å²) in [6.07, 6.45) is 4.30. The lowest BCUT2D eigenvalue weighted by Crippen LogP contribution is -2.44. The minimum absolute atomic E-state index is 0.105. The minimum Gasteiger partial charge on any atom is -0.493 e. The number of cyclic esters (lactones) is 1. The van der Waals surface area contributed by atoms with Gasteiger partial charge >= 0.3 is 6.09 Å². The van der Waals surface area contributed by atoms with E-state index < -0.39 is 18.2 Å². The highest BCUT2D eigenvalue weighted by Crippen LogP contribution is 2.38. The maximum absolute atomic E-state index is 13.2. The second kappa shape index (κ2) is 9.64. The third kappa shape index (κ3) is 4.47. The van der Waals surface area contributed by atoms with Crippen molar-refractivity contribution in [2.24, 2.45) is 0 Å². The summed E-state index contributed by atoms with van der Waals surface area (Å²) in [7, 11) is 1.63. The fourth-order valence-electron chi connectivity index (χ4n) is 5.39. The summed E-state index contributed by atoms with van der Waals surface area (Å²) in [5.74, 6) is 1.26. The SMILES string of the molecule is COc1ccc(C2CCN(C(C(C)=O)c3[nH]c4ccccc4c3C)C(=O)O2)cc1OC1CCCC1. The molecule has 0 bridgehead atoms. The van der Waals surface area contributed by atoms with Crippen LogP contribution in [0.1, 0.15) is 68.0 Å². The van der Waals surface area contributed by atoms with Crippen molar-refractivity contribution in [2.45, 2.75) is 64.2 Å². The zero-order chi connectivity index (χ0) is 24.5. The van der Waals surface area contributed by atoms with Crippen molar-refractivity contribution in [3.8, 4) is 11.5 Å². The van der Waals surface area contributed by atoms with Gasteiger partial charge in [0.25, 0.3) is 0 Å². The molecule has 35 heavy (non-hydrogen) atoms. The monoisotopic (exact) mass is 476 g/mol. The lowest BCUT2D eigenvalue weighted by Gasteiger charge is -2.36. The van der Waals surface area contributed by atoms with Crippen LogP contribution in [0.2, 0.25) is 0 Å². The summed E-state index contributed by atoms with van der Waals surface area (Å²) >= 11 is 0. The summed E-state index contributed by atoms with van der Waals surface area (Å²) in [5, 5.41) is 1.05. The molecule has 2 fully saturated rings. The van der Waals surface area contributed by atoms with Crippen LogP contribution < -0.4 is 9.47 Å². The summed E-state index contributed by atoms with van der Waals surface area (Å²) < 4.78 is 17.6. The topological polar surface area (TPSA) is 80.9 Å². The Hall–Kier alpha value is -3.48. The van der Waals surface area contributed by atoms with Gasteiger partial charge in [0, 0.05) is 29.6 Å². The molecule has 1 N–H and O–H groups in total. The van der Waals surface area contributed by atoms with Crippen molar-refractivity contribution in [3.63, 3.8) is 0 Å². The molecule has 2 unspecified atom stereocenters. The quantitative estimate of drug-likeness (QED) is 0.451. The van der Waals surface area contributed by atoms with E-state index in [0.717, 1.165) is 40.6 Å². The van der Waals surface area contributed by atoms with Crippen LogP contribution >= 0.6 is 0 Å². The van der Waals surface area contributed by atoms with Crippen molar-refractivity contribution in [1.29, 1.82) is 0 Å². The Labute approximate surface area is 205 Å². The Balaban J connectivity index is 1.37. The van der Waals surface area contributed by atoms with Crippen molar-refractivity contribution < 1.29 is 23.8 Å². The van der Waals surface area contributed by atoms with Gasteiger partial charge < -0.3 is 19.2 Å². The first-order valence-corrected chi connectivity index (χ1v) is 12.4. The number of aromatic nitrogens is 1. The number of aryl methyl sites for hydroxylation is 1. The Morgan fingerprint density at radius 1 is 1.11 bits per heavy atom. The number of fused-ring (bicyclic) bond motifs is 1. The predicted octanol–water partition coefficient (Wildman–Crippen LogP) is 6.02. The molecule has 0 spiro atoms. The van der Waals surface area contributed by atoms with E-state index in [0.29, 0.717) is 24.5 Å². The normalized spacial score (nSPS) is 19.6. The first-order valence-electron chi connectivity index (χ1n) is 12.4. The number of nitrogens with zero attached hydrogens (tertiary/aromatic N) is 1. The van der Waals surface area contributed by atoms with Crippen molar-refractivity contribution >= 4 is 22.8 Å². The molecule has 2 heterocycles. The summed E-state index contributed by atoms with van der Waals surface area (Å²) in [5.41, 5.74) is 3.53. The predicted molar refractivity (Wildman–Crippen MR) is 133 cm³/mol. The first kappa shape index (κ1) is 23.3. The Bertz CT molecular complexity index is 1240. The smallest absolute Gasteiger partial charge is 0.411 e. The average molecular weight is 477 g/mol. The molecular weight excluding hydrogens is 444 g/mol. The van der Waals surface area contributed by atoms with Gasteiger partial charge in [-0.15, -0.1) is 0 Å². The number of carbonyl (C=O) groups excluding carboxylic acids is 2. The molecule has 0 radical (unpaired) electrons. The van der Waals surface area contributed by atoms with E-state index in [9.17, 15) is 9.59 Å². The molecular formula is C28H32N2O5. The zero-order valence-corrected chi connectivity index (χ0v) is 20.5. The highest BCUT2D eigenvalue weighted by atomic mass is 16.6. The van der Waals surface area contributed by atoms with Gasteiger partial charge in [-0.1, -0.05) is 24.3 Å². The van der Waals surface area contributed by atoms with E-state index in [1.54, 1.807) is 7.11 Å². The van der Waals surface area contributed by atoms with Crippen LogP contribution in [0.25, 0.3) is 10.9 Å². The van der Waals surface area contributed by atoms with Crippen LogP contribution in [0.4, 0.5) is 4.79 Å². The van der Waals surface area contributed by atoms with Crippen molar-refractivity contribution in [1.82, 2.24) is 9.88 Å². The fourth-order valence-corrected chi connectivity index (χ4v) is 5.39. The standard InChI is InChI=1S/C28H32N2O5/c1-17-21-10-6-7-11-22(21)29-26(17)27(18(2)31)30-15-14-23(35-28(30)32)19-12-13-24(33-3)25(16-19)34-20-8-4-5-9-20/h6-7,10-13,16,20,23,27,29H,4-5,8-9,14-15H2,1-3H3. The van der Waals surface area contributed by atoms with E-state index in [1.807, 2.05) is 49.4 Å². The molecule has 3 aromatic rings. The van der Waals surface area contributed by atoms with Crippen molar-refractivity contribution in [2.75, 3.05) is 13.7 Å². The molecule has 7 heteroatoms.